The number of halogens is 2. The Morgan fingerprint density at radius 1 is 1.26 bits per heavy atom. The Hall–Kier alpha value is -1.42. The predicted octanol–water partition coefficient (Wildman–Crippen LogP) is 4.40. The number of benzene rings is 1. The molecule has 0 atom stereocenters. The van der Waals surface area contributed by atoms with Crippen LogP contribution >= 0.6 is 11.6 Å². The zero-order valence-electron chi connectivity index (χ0n) is 10.5. The topological polar surface area (TPSA) is 27.7 Å². The highest BCUT2D eigenvalue weighted by Crippen LogP contribution is 2.35. The SMILES string of the molecule is FC(Cl)=CCCCCCOc1ccc2c(c1)OCO2. The second-order valence-electron chi connectivity index (χ2n) is 4.21. The Labute approximate surface area is 116 Å². The molecule has 0 aliphatic carbocycles. The van der Waals surface area contributed by atoms with Gasteiger partial charge in [-0.3, -0.25) is 0 Å². The third-order valence-electron chi connectivity index (χ3n) is 2.76. The third-order valence-corrected chi connectivity index (χ3v) is 2.91. The van der Waals surface area contributed by atoms with Gasteiger partial charge in [0.15, 0.2) is 16.8 Å². The maximum Gasteiger partial charge on any atom is 0.231 e. The Morgan fingerprint density at radius 2 is 2.11 bits per heavy atom. The van der Waals surface area contributed by atoms with Crippen molar-refractivity contribution >= 4 is 11.6 Å². The number of rotatable bonds is 7. The van der Waals surface area contributed by atoms with Crippen LogP contribution in [0.2, 0.25) is 0 Å². The molecule has 104 valence electrons. The number of allylic oxidation sites excluding steroid dienone is 1. The molecule has 0 saturated carbocycles. The fourth-order valence-corrected chi connectivity index (χ4v) is 1.90. The number of unbranched alkanes of at least 4 members (excludes halogenated alkanes) is 3. The van der Waals surface area contributed by atoms with E-state index < -0.39 is 5.29 Å². The Bertz CT molecular complexity index is 444. The van der Waals surface area contributed by atoms with Gasteiger partial charge >= 0.3 is 0 Å². The third kappa shape index (κ3) is 4.63. The molecule has 0 amide bonds. The van der Waals surface area contributed by atoms with Crippen LogP contribution in [0.3, 0.4) is 0 Å². The van der Waals surface area contributed by atoms with Crippen LogP contribution in [0, 0.1) is 0 Å². The van der Waals surface area contributed by atoms with Gasteiger partial charge in [0.05, 0.1) is 6.61 Å². The van der Waals surface area contributed by atoms with Crippen LogP contribution in [0.25, 0.3) is 0 Å². The molecule has 3 nitrogen and oxygen atoms in total. The molecule has 1 aromatic carbocycles. The number of hydrogen-bond acceptors (Lipinski definition) is 3. The summed E-state index contributed by atoms with van der Waals surface area (Å²) in [5.41, 5.74) is 0. The first-order valence-electron chi connectivity index (χ1n) is 6.29. The van der Waals surface area contributed by atoms with Gasteiger partial charge < -0.3 is 14.2 Å². The minimum absolute atomic E-state index is 0.267. The molecule has 0 N–H and O–H groups in total. The number of hydrogen-bond donors (Lipinski definition) is 0. The van der Waals surface area contributed by atoms with Crippen molar-refractivity contribution in [3.05, 3.63) is 29.6 Å². The maximum atomic E-state index is 12.2. The average molecular weight is 287 g/mol. The first-order chi connectivity index (χ1) is 9.25. The van der Waals surface area contributed by atoms with Gasteiger partial charge in [0, 0.05) is 6.07 Å². The summed E-state index contributed by atoms with van der Waals surface area (Å²) in [6, 6.07) is 5.53. The standard InChI is InChI=1S/C14H16ClFO3/c15-14(16)5-3-1-2-4-8-17-11-6-7-12-13(9-11)19-10-18-12/h5-7,9H,1-4,8,10H2. The average Bonchev–Trinajstić information content (AvgIpc) is 2.84. The highest BCUT2D eigenvalue weighted by atomic mass is 35.5. The van der Waals surface area contributed by atoms with Crippen LogP contribution in [0.1, 0.15) is 25.7 Å². The highest BCUT2D eigenvalue weighted by Gasteiger charge is 2.13. The molecule has 0 fully saturated rings. The van der Waals surface area contributed by atoms with Crippen LogP contribution < -0.4 is 14.2 Å². The van der Waals surface area contributed by atoms with Crippen LogP contribution in [-0.4, -0.2) is 13.4 Å². The quantitative estimate of drug-likeness (QED) is 0.695. The molecule has 0 spiro atoms. The van der Waals surface area contributed by atoms with E-state index in [2.05, 4.69) is 0 Å². The number of fused-ring (bicyclic) bond motifs is 1. The van der Waals surface area contributed by atoms with Crippen molar-refractivity contribution in [2.24, 2.45) is 0 Å². The Balaban J connectivity index is 1.62. The van der Waals surface area contributed by atoms with Gasteiger partial charge in [0.25, 0.3) is 0 Å². The molecular weight excluding hydrogens is 271 g/mol. The Kier molecular flexibility index (Phi) is 5.33. The fraction of sp³-hybridized carbons (Fsp3) is 0.429. The smallest absolute Gasteiger partial charge is 0.231 e. The molecule has 0 unspecified atom stereocenters. The monoisotopic (exact) mass is 286 g/mol. The fourth-order valence-electron chi connectivity index (χ4n) is 1.79. The van der Waals surface area contributed by atoms with E-state index in [9.17, 15) is 4.39 Å². The number of ether oxygens (including phenoxy) is 3. The molecule has 1 heterocycles. The highest BCUT2D eigenvalue weighted by molar-refractivity contribution is 6.28. The van der Waals surface area contributed by atoms with Crippen molar-refractivity contribution in [1.82, 2.24) is 0 Å². The summed E-state index contributed by atoms with van der Waals surface area (Å²) in [6.07, 6.45) is 4.86. The van der Waals surface area contributed by atoms with E-state index in [1.807, 2.05) is 18.2 Å². The molecule has 0 bridgehead atoms. The summed E-state index contributed by atoms with van der Waals surface area (Å²) in [4.78, 5) is 0. The summed E-state index contributed by atoms with van der Waals surface area (Å²) in [7, 11) is 0. The van der Waals surface area contributed by atoms with Gasteiger partial charge in [-0.2, -0.15) is 4.39 Å². The molecule has 5 heteroatoms. The van der Waals surface area contributed by atoms with Crippen LogP contribution in [0.5, 0.6) is 17.2 Å². The summed E-state index contributed by atoms with van der Waals surface area (Å²) < 4.78 is 28.3. The van der Waals surface area contributed by atoms with Gasteiger partial charge in [-0.25, -0.2) is 0 Å². The van der Waals surface area contributed by atoms with Gasteiger partial charge in [-0.15, -0.1) is 0 Å². The molecule has 0 radical (unpaired) electrons. The van der Waals surface area contributed by atoms with Gasteiger partial charge in [0.2, 0.25) is 6.79 Å². The zero-order chi connectivity index (χ0) is 13.5. The van der Waals surface area contributed by atoms with E-state index in [4.69, 9.17) is 25.8 Å². The minimum atomic E-state index is -0.628. The van der Waals surface area contributed by atoms with E-state index in [1.165, 1.54) is 6.08 Å². The largest absolute Gasteiger partial charge is 0.493 e. The Morgan fingerprint density at radius 3 is 2.95 bits per heavy atom. The lowest BCUT2D eigenvalue weighted by atomic mass is 10.2. The van der Waals surface area contributed by atoms with Crippen molar-refractivity contribution in [2.45, 2.75) is 25.7 Å². The summed E-state index contributed by atoms with van der Waals surface area (Å²) in [5, 5.41) is -0.628. The maximum absolute atomic E-state index is 12.2. The molecule has 1 aromatic rings. The molecule has 2 rings (SSSR count). The summed E-state index contributed by atoms with van der Waals surface area (Å²) in [5.74, 6) is 2.25. The van der Waals surface area contributed by atoms with Crippen molar-refractivity contribution < 1.29 is 18.6 Å². The predicted molar refractivity (Wildman–Crippen MR) is 71.6 cm³/mol. The lowest BCUT2D eigenvalue weighted by molar-refractivity contribution is 0.173. The van der Waals surface area contributed by atoms with E-state index in [0.29, 0.717) is 13.0 Å². The van der Waals surface area contributed by atoms with Gasteiger partial charge in [-0.05, 0) is 43.9 Å². The first-order valence-corrected chi connectivity index (χ1v) is 6.67. The van der Waals surface area contributed by atoms with E-state index >= 15 is 0 Å². The molecule has 0 saturated heterocycles. The second kappa shape index (κ2) is 7.24. The van der Waals surface area contributed by atoms with E-state index in [1.54, 1.807) is 0 Å². The normalized spacial score (nSPS) is 13.7. The van der Waals surface area contributed by atoms with Crippen molar-refractivity contribution in [2.75, 3.05) is 13.4 Å². The van der Waals surface area contributed by atoms with Gasteiger partial charge in [-0.1, -0.05) is 11.6 Å². The van der Waals surface area contributed by atoms with E-state index in [0.717, 1.165) is 36.5 Å². The molecule has 1 aliphatic rings. The zero-order valence-corrected chi connectivity index (χ0v) is 11.3. The molecule has 0 aromatic heterocycles. The first kappa shape index (κ1) is 14.0. The lowest BCUT2D eigenvalue weighted by Gasteiger charge is -2.06. The molecular formula is C14H16ClFO3. The van der Waals surface area contributed by atoms with E-state index in [-0.39, 0.29) is 6.79 Å². The van der Waals surface area contributed by atoms with Crippen molar-refractivity contribution in [3.8, 4) is 17.2 Å². The van der Waals surface area contributed by atoms with Crippen LogP contribution in [0.4, 0.5) is 4.39 Å². The lowest BCUT2D eigenvalue weighted by Crippen LogP contribution is -1.97. The van der Waals surface area contributed by atoms with Gasteiger partial charge in [0.1, 0.15) is 5.75 Å². The summed E-state index contributed by atoms with van der Waals surface area (Å²) >= 11 is 5.09. The molecule has 19 heavy (non-hydrogen) atoms. The minimum Gasteiger partial charge on any atom is -0.493 e. The molecule has 1 aliphatic heterocycles. The second-order valence-corrected chi connectivity index (χ2v) is 4.57. The summed E-state index contributed by atoms with van der Waals surface area (Å²) in [6.45, 7) is 0.899. The van der Waals surface area contributed by atoms with Crippen LogP contribution in [0.15, 0.2) is 29.6 Å². The van der Waals surface area contributed by atoms with Crippen LogP contribution in [-0.2, 0) is 0 Å². The van der Waals surface area contributed by atoms with Crippen molar-refractivity contribution in [3.63, 3.8) is 0 Å². The van der Waals surface area contributed by atoms with Crippen molar-refractivity contribution in [1.29, 1.82) is 0 Å².